The van der Waals surface area contributed by atoms with Crippen molar-refractivity contribution in [2.75, 3.05) is 30.8 Å². The zero-order valence-corrected chi connectivity index (χ0v) is 25.1. The van der Waals surface area contributed by atoms with Crippen LogP contribution in [-0.4, -0.2) is 57.6 Å². The fourth-order valence-electron chi connectivity index (χ4n) is 4.24. The summed E-state index contributed by atoms with van der Waals surface area (Å²) in [6.45, 7) is 3.31. The molecule has 8 nitrogen and oxygen atoms in total. The Bertz CT molecular complexity index is 1450. The molecule has 0 saturated heterocycles. The first-order valence-electron chi connectivity index (χ1n) is 13.1. The van der Waals surface area contributed by atoms with Crippen LogP contribution in [0.3, 0.4) is 0 Å². The Morgan fingerprint density at radius 3 is 2.29 bits per heavy atom. The third-order valence-electron chi connectivity index (χ3n) is 6.34. The molecule has 0 aromatic heterocycles. The summed E-state index contributed by atoms with van der Waals surface area (Å²) in [5.74, 6) is -1.37. The predicted octanol–water partition coefficient (Wildman–Crippen LogP) is 4.67. The quantitative estimate of drug-likeness (QED) is 0.306. The Kier molecular flexibility index (Phi) is 11.1. The van der Waals surface area contributed by atoms with E-state index in [4.69, 9.17) is 16.3 Å². The number of carbonyl (C=O) groups is 2. The first-order valence-corrected chi connectivity index (χ1v) is 15.3. The van der Waals surface area contributed by atoms with Crippen LogP contribution in [0.1, 0.15) is 25.0 Å². The van der Waals surface area contributed by atoms with E-state index < -0.39 is 40.2 Å². The molecule has 3 aromatic rings. The van der Waals surface area contributed by atoms with Gasteiger partial charge in [-0.05, 0) is 35.7 Å². The second-order valence-corrected chi connectivity index (χ2v) is 12.4. The highest BCUT2D eigenvalue weighted by Gasteiger charge is 2.34. The van der Waals surface area contributed by atoms with Crippen LogP contribution >= 0.6 is 11.6 Å². The summed E-state index contributed by atoms with van der Waals surface area (Å²) < 4.78 is 47.0. The van der Waals surface area contributed by atoms with Gasteiger partial charge in [-0.1, -0.05) is 74.0 Å². The first kappa shape index (κ1) is 31.9. The van der Waals surface area contributed by atoms with Crippen molar-refractivity contribution in [2.45, 2.75) is 32.9 Å². The Morgan fingerprint density at radius 1 is 1.02 bits per heavy atom. The van der Waals surface area contributed by atoms with E-state index in [1.165, 1.54) is 48.4 Å². The Morgan fingerprint density at radius 2 is 1.68 bits per heavy atom. The molecule has 3 rings (SSSR count). The highest BCUT2D eigenvalue weighted by molar-refractivity contribution is 7.92. The highest BCUT2D eigenvalue weighted by Crippen LogP contribution is 2.33. The molecule has 0 fully saturated rings. The number of hydrogen-bond acceptors (Lipinski definition) is 5. The van der Waals surface area contributed by atoms with Crippen molar-refractivity contribution in [3.05, 3.63) is 94.8 Å². The van der Waals surface area contributed by atoms with Gasteiger partial charge in [-0.3, -0.25) is 13.9 Å². The number of amides is 2. The molecule has 0 aliphatic heterocycles. The topological polar surface area (TPSA) is 96.0 Å². The van der Waals surface area contributed by atoms with Crippen molar-refractivity contribution >= 4 is 39.1 Å². The summed E-state index contributed by atoms with van der Waals surface area (Å²) in [5, 5.41) is 3.12. The number of methoxy groups -OCH3 is 1. The molecule has 1 N–H and O–H groups in total. The summed E-state index contributed by atoms with van der Waals surface area (Å²) in [7, 11) is -2.66. The molecule has 0 spiro atoms. The number of hydrogen-bond donors (Lipinski definition) is 1. The van der Waals surface area contributed by atoms with Crippen LogP contribution < -0.4 is 14.4 Å². The summed E-state index contributed by atoms with van der Waals surface area (Å²) >= 11 is 6.17. The van der Waals surface area contributed by atoms with Gasteiger partial charge in [-0.15, -0.1) is 0 Å². The van der Waals surface area contributed by atoms with Crippen LogP contribution in [0.4, 0.5) is 10.1 Å². The molecule has 11 heteroatoms. The van der Waals surface area contributed by atoms with E-state index in [0.717, 1.165) is 16.1 Å². The van der Waals surface area contributed by atoms with Crippen molar-refractivity contribution in [3.8, 4) is 5.75 Å². The number of benzene rings is 3. The van der Waals surface area contributed by atoms with E-state index in [1.807, 2.05) is 44.2 Å². The first-order chi connectivity index (χ1) is 19.4. The molecular weight excluding hydrogens is 569 g/mol. The second-order valence-electron chi connectivity index (χ2n) is 10.0. The normalized spacial score (nSPS) is 12.1. The van der Waals surface area contributed by atoms with Crippen LogP contribution in [0.2, 0.25) is 5.02 Å². The van der Waals surface area contributed by atoms with Crippen molar-refractivity contribution in [1.29, 1.82) is 0 Å². The lowest BCUT2D eigenvalue weighted by atomic mass is 10.0. The van der Waals surface area contributed by atoms with Gasteiger partial charge >= 0.3 is 0 Å². The molecule has 0 bridgehead atoms. The second kappa shape index (κ2) is 14.3. The van der Waals surface area contributed by atoms with Gasteiger partial charge in [0.15, 0.2) is 0 Å². The Hall–Kier alpha value is -3.63. The van der Waals surface area contributed by atoms with E-state index in [0.29, 0.717) is 6.54 Å². The Balaban J connectivity index is 2.10. The lowest BCUT2D eigenvalue weighted by Crippen LogP contribution is -2.53. The van der Waals surface area contributed by atoms with Crippen LogP contribution in [0.15, 0.2) is 72.8 Å². The fourth-order valence-corrected chi connectivity index (χ4v) is 5.25. The van der Waals surface area contributed by atoms with Gasteiger partial charge in [0.1, 0.15) is 24.2 Å². The zero-order chi connectivity index (χ0) is 30.2. The lowest BCUT2D eigenvalue weighted by molar-refractivity contribution is -0.140. The minimum atomic E-state index is -4.03. The standard InChI is InChI=1S/C30H35ClFN3O5S/c1-21(2)18-33-30(37)27(16-22-10-6-5-7-11-22)34(19-23-12-8-9-13-25(23)32)29(36)20-35(41(4,38)39)26-17-24(31)14-15-28(26)40-3/h5-15,17,21,27H,16,18-20H2,1-4H3,(H,33,37)/t27-/m0/s1. The number of halogens is 2. The summed E-state index contributed by atoms with van der Waals surface area (Å²) in [6, 6.07) is 18.4. The molecule has 41 heavy (non-hydrogen) atoms. The average molecular weight is 604 g/mol. The van der Waals surface area contributed by atoms with Gasteiger partial charge in [-0.25, -0.2) is 12.8 Å². The molecular formula is C30H35ClFN3O5S. The number of carbonyl (C=O) groups excluding carboxylic acids is 2. The van der Waals surface area contributed by atoms with Crippen molar-refractivity contribution < 1.29 is 27.1 Å². The molecule has 0 saturated carbocycles. The third-order valence-corrected chi connectivity index (χ3v) is 7.70. The summed E-state index contributed by atoms with van der Waals surface area (Å²) in [4.78, 5) is 28.9. The van der Waals surface area contributed by atoms with Gasteiger partial charge in [0.2, 0.25) is 21.8 Å². The van der Waals surface area contributed by atoms with Crippen LogP contribution in [0.25, 0.3) is 0 Å². The molecule has 3 aromatic carbocycles. The van der Waals surface area contributed by atoms with Gasteiger partial charge in [0, 0.05) is 30.1 Å². The number of nitrogens with one attached hydrogen (secondary N) is 1. The van der Waals surface area contributed by atoms with E-state index in [9.17, 15) is 22.4 Å². The van der Waals surface area contributed by atoms with Gasteiger partial charge in [0.25, 0.3) is 0 Å². The zero-order valence-electron chi connectivity index (χ0n) is 23.5. The SMILES string of the molecule is COc1ccc(Cl)cc1N(CC(=O)N(Cc1ccccc1F)[C@@H](Cc1ccccc1)C(=O)NCC(C)C)S(C)(=O)=O. The van der Waals surface area contributed by atoms with Gasteiger partial charge in [-0.2, -0.15) is 0 Å². The Labute approximate surface area is 246 Å². The maximum Gasteiger partial charge on any atom is 0.244 e. The number of sulfonamides is 1. The minimum absolute atomic E-state index is 0.0607. The number of ether oxygens (including phenoxy) is 1. The van der Waals surface area contributed by atoms with Crippen molar-refractivity contribution in [3.63, 3.8) is 0 Å². The maximum absolute atomic E-state index is 14.8. The molecule has 0 unspecified atom stereocenters. The summed E-state index contributed by atoms with van der Waals surface area (Å²) in [6.07, 6.45) is 1.09. The third kappa shape index (κ3) is 8.93. The smallest absolute Gasteiger partial charge is 0.244 e. The lowest BCUT2D eigenvalue weighted by Gasteiger charge is -2.34. The molecule has 0 radical (unpaired) electrons. The maximum atomic E-state index is 14.8. The number of anilines is 1. The van der Waals surface area contributed by atoms with E-state index >= 15 is 0 Å². The molecule has 1 atom stereocenters. The van der Waals surface area contributed by atoms with Crippen molar-refractivity contribution in [1.82, 2.24) is 10.2 Å². The number of rotatable bonds is 13. The van der Waals surface area contributed by atoms with E-state index in [1.54, 1.807) is 6.07 Å². The molecule has 2 amide bonds. The van der Waals surface area contributed by atoms with Crippen LogP contribution in [-0.2, 0) is 32.6 Å². The summed E-state index contributed by atoms with van der Waals surface area (Å²) in [5.41, 5.74) is 1.02. The van der Waals surface area contributed by atoms with Crippen LogP contribution in [0.5, 0.6) is 5.75 Å². The van der Waals surface area contributed by atoms with E-state index in [-0.39, 0.29) is 40.9 Å². The molecule has 0 aliphatic rings. The largest absolute Gasteiger partial charge is 0.495 e. The highest BCUT2D eigenvalue weighted by atomic mass is 35.5. The van der Waals surface area contributed by atoms with Crippen LogP contribution in [0, 0.1) is 11.7 Å². The van der Waals surface area contributed by atoms with Crippen molar-refractivity contribution in [2.24, 2.45) is 5.92 Å². The van der Waals surface area contributed by atoms with Gasteiger partial charge < -0.3 is 15.0 Å². The van der Waals surface area contributed by atoms with Gasteiger partial charge in [0.05, 0.1) is 19.1 Å². The fraction of sp³-hybridized carbons (Fsp3) is 0.333. The molecule has 0 aliphatic carbocycles. The molecule has 0 heterocycles. The predicted molar refractivity (Wildman–Crippen MR) is 159 cm³/mol. The average Bonchev–Trinajstić information content (AvgIpc) is 2.93. The molecule has 220 valence electrons. The van der Waals surface area contributed by atoms with E-state index in [2.05, 4.69) is 5.32 Å². The number of nitrogens with zero attached hydrogens (tertiary/aromatic N) is 2. The minimum Gasteiger partial charge on any atom is -0.495 e. The monoisotopic (exact) mass is 603 g/mol.